The summed E-state index contributed by atoms with van der Waals surface area (Å²) >= 11 is 0. The van der Waals surface area contributed by atoms with Crippen molar-refractivity contribution in [2.75, 3.05) is 25.8 Å². The highest BCUT2D eigenvalue weighted by Crippen LogP contribution is 2.21. The average molecular weight is 175 g/mol. The van der Waals surface area contributed by atoms with E-state index in [9.17, 15) is 0 Å². The van der Waals surface area contributed by atoms with Gasteiger partial charge in [-0.15, -0.1) is 0 Å². The van der Waals surface area contributed by atoms with Crippen molar-refractivity contribution >= 4 is 11.9 Å². The van der Waals surface area contributed by atoms with Gasteiger partial charge in [0, 0.05) is 25.9 Å². The molecule has 0 fully saturated rings. The Kier molecular flexibility index (Phi) is 2.02. The molecule has 2 rings (SSSR count). The summed E-state index contributed by atoms with van der Waals surface area (Å²) < 4.78 is 0. The van der Waals surface area contributed by atoms with E-state index in [0.29, 0.717) is 6.67 Å². The van der Waals surface area contributed by atoms with Crippen LogP contribution in [0.4, 0.5) is 5.69 Å². The molecular weight excluding hydrogens is 162 g/mol. The first-order valence-corrected chi connectivity index (χ1v) is 4.32. The Morgan fingerprint density at radius 2 is 2.08 bits per heavy atom. The summed E-state index contributed by atoms with van der Waals surface area (Å²) in [4.78, 5) is 4.28. The van der Waals surface area contributed by atoms with Gasteiger partial charge in [0.25, 0.3) is 0 Å². The Morgan fingerprint density at radius 3 is 2.85 bits per heavy atom. The van der Waals surface area contributed by atoms with Crippen molar-refractivity contribution in [1.29, 1.82) is 0 Å². The predicted molar refractivity (Wildman–Crippen MR) is 55.1 cm³/mol. The lowest BCUT2D eigenvalue weighted by Crippen LogP contribution is -2.39. The van der Waals surface area contributed by atoms with E-state index in [1.165, 1.54) is 11.3 Å². The lowest BCUT2D eigenvalue weighted by atomic mass is 10.2. The van der Waals surface area contributed by atoms with Gasteiger partial charge in [-0.2, -0.15) is 0 Å². The van der Waals surface area contributed by atoms with Crippen LogP contribution in [-0.4, -0.2) is 32.0 Å². The fraction of sp³-hybridized carbons (Fsp3) is 0.300. The molecular formula is C10H13N3. The minimum Gasteiger partial charge on any atom is -0.284 e. The molecule has 68 valence electrons. The molecule has 1 aliphatic heterocycles. The number of anilines is 1. The monoisotopic (exact) mass is 175 g/mol. The molecule has 1 aromatic carbocycles. The van der Waals surface area contributed by atoms with Gasteiger partial charge in [-0.1, -0.05) is 18.2 Å². The van der Waals surface area contributed by atoms with Crippen molar-refractivity contribution < 1.29 is 0 Å². The van der Waals surface area contributed by atoms with Gasteiger partial charge in [-0.3, -0.25) is 10.0 Å². The van der Waals surface area contributed by atoms with Crippen LogP contribution >= 0.6 is 0 Å². The third-order valence-electron chi connectivity index (χ3n) is 2.14. The molecule has 0 spiro atoms. The molecule has 0 amide bonds. The Morgan fingerprint density at radius 1 is 1.31 bits per heavy atom. The van der Waals surface area contributed by atoms with Gasteiger partial charge in [0.05, 0.1) is 5.69 Å². The molecule has 3 nitrogen and oxygen atoms in total. The maximum atomic E-state index is 4.28. The second kappa shape index (κ2) is 3.18. The molecule has 1 heterocycles. The number of aliphatic imine (C=N–C) groups is 1. The summed E-state index contributed by atoms with van der Waals surface area (Å²) in [6, 6.07) is 8.27. The molecule has 1 aliphatic rings. The first-order chi connectivity index (χ1) is 6.29. The largest absolute Gasteiger partial charge is 0.284 e. The fourth-order valence-corrected chi connectivity index (χ4v) is 1.47. The predicted octanol–water partition coefficient (Wildman–Crippen LogP) is 1.36. The molecule has 0 aliphatic carbocycles. The summed E-state index contributed by atoms with van der Waals surface area (Å²) in [5.41, 5.74) is 2.41. The summed E-state index contributed by atoms with van der Waals surface area (Å²) in [5, 5.41) is 4.19. The Hall–Kier alpha value is -1.35. The smallest absolute Gasteiger partial charge is 0.125 e. The second-order valence-electron chi connectivity index (χ2n) is 3.26. The second-order valence-corrected chi connectivity index (χ2v) is 3.26. The normalized spacial score (nSPS) is 14.8. The van der Waals surface area contributed by atoms with Crippen molar-refractivity contribution in [1.82, 2.24) is 5.01 Å². The molecule has 0 radical (unpaired) electrons. The number of hydrogen-bond donors (Lipinski definition) is 0. The zero-order valence-electron chi connectivity index (χ0n) is 7.94. The molecule has 3 heteroatoms. The van der Waals surface area contributed by atoms with E-state index in [1.807, 2.05) is 26.4 Å². The molecule has 0 bridgehead atoms. The van der Waals surface area contributed by atoms with Crippen LogP contribution in [0, 0.1) is 0 Å². The van der Waals surface area contributed by atoms with Gasteiger partial charge in [0.1, 0.15) is 6.67 Å². The molecule has 0 unspecified atom stereocenters. The first-order valence-electron chi connectivity index (χ1n) is 4.32. The SMILES string of the molecule is CN(C)N1CN=Cc2ccccc21. The quantitative estimate of drug-likeness (QED) is 0.641. The van der Waals surface area contributed by atoms with Crippen LogP contribution in [0.2, 0.25) is 0 Å². The third kappa shape index (κ3) is 1.42. The maximum absolute atomic E-state index is 4.28. The summed E-state index contributed by atoms with van der Waals surface area (Å²) in [7, 11) is 4.05. The van der Waals surface area contributed by atoms with Crippen LogP contribution < -0.4 is 5.01 Å². The molecule has 0 aromatic heterocycles. The first kappa shape index (κ1) is 8.26. The average Bonchev–Trinajstić information content (AvgIpc) is 2.17. The minimum absolute atomic E-state index is 0.712. The molecule has 1 aromatic rings. The highest BCUT2D eigenvalue weighted by Gasteiger charge is 2.13. The number of para-hydroxylation sites is 1. The lowest BCUT2D eigenvalue weighted by Gasteiger charge is -2.32. The van der Waals surface area contributed by atoms with E-state index in [-0.39, 0.29) is 0 Å². The van der Waals surface area contributed by atoms with E-state index >= 15 is 0 Å². The zero-order chi connectivity index (χ0) is 9.26. The van der Waals surface area contributed by atoms with Crippen LogP contribution in [0.5, 0.6) is 0 Å². The van der Waals surface area contributed by atoms with Gasteiger partial charge < -0.3 is 0 Å². The van der Waals surface area contributed by atoms with E-state index in [2.05, 4.69) is 33.2 Å². The third-order valence-corrected chi connectivity index (χ3v) is 2.14. The number of benzene rings is 1. The molecule has 0 saturated heterocycles. The highest BCUT2D eigenvalue weighted by atomic mass is 15.6. The maximum Gasteiger partial charge on any atom is 0.125 e. The summed E-state index contributed by atoms with van der Waals surface area (Å²) in [5.74, 6) is 0. The van der Waals surface area contributed by atoms with Crippen molar-refractivity contribution in [3.05, 3.63) is 29.8 Å². The number of hydrogen-bond acceptors (Lipinski definition) is 3. The van der Waals surface area contributed by atoms with E-state index in [1.54, 1.807) is 0 Å². The number of rotatable bonds is 1. The van der Waals surface area contributed by atoms with Crippen LogP contribution in [0.25, 0.3) is 0 Å². The lowest BCUT2D eigenvalue weighted by molar-refractivity contribution is 0.372. The van der Waals surface area contributed by atoms with Gasteiger partial charge >= 0.3 is 0 Å². The van der Waals surface area contributed by atoms with Crippen LogP contribution in [0.15, 0.2) is 29.3 Å². The van der Waals surface area contributed by atoms with Crippen LogP contribution in [0.1, 0.15) is 5.56 Å². The van der Waals surface area contributed by atoms with Gasteiger partial charge in [0.15, 0.2) is 0 Å². The minimum atomic E-state index is 0.712. The van der Waals surface area contributed by atoms with E-state index < -0.39 is 0 Å². The topological polar surface area (TPSA) is 18.8 Å². The van der Waals surface area contributed by atoms with Crippen molar-refractivity contribution in [2.24, 2.45) is 4.99 Å². The molecule has 0 N–H and O–H groups in total. The van der Waals surface area contributed by atoms with Crippen molar-refractivity contribution in [3.63, 3.8) is 0 Å². The Bertz CT molecular complexity index is 331. The van der Waals surface area contributed by atoms with Gasteiger partial charge in [-0.25, -0.2) is 5.01 Å². The van der Waals surface area contributed by atoms with Crippen LogP contribution in [-0.2, 0) is 0 Å². The fourth-order valence-electron chi connectivity index (χ4n) is 1.47. The molecule has 13 heavy (non-hydrogen) atoms. The standard InChI is InChI=1S/C10H13N3/c1-12(2)13-8-11-7-9-5-3-4-6-10(9)13/h3-7H,8H2,1-2H3. The van der Waals surface area contributed by atoms with Crippen LogP contribution in [0.3, 0.4) is 0 Å². The van der Waals surface area contributed by atoms with Gasteiger partial charge in [-0.05, 0) is 6.07 Å². The van der Waals surface area contributed by atoms with Crippen molar-refractivity contribution in [3.8, 4) is 0 Å². The van der Waals surface area contributed by atoms with Gasteiger partial charge in [0.2, 0.25) is 0 Å². The number of nitrogens with zero attached hydrogens (tertiary/aromatic N) is 3. The zero-order valence-corrected chi connectivity index (χ0v) is 7.94. The van der Waals surface area contributed by atoms with Crippen molar-refractivity contribution in [2.45, 2.75) is 0 Å². The molecule has 0 atom stereocenters. The number of fused-ring (bicyclic) bond motifs is 1. The summed E-state index contributed by atoms with van der Waals surface area (Å²) in [6.45, 7) is 0.712. The number of hydrazine groups is 1. The Balaban J connectivity index is 2.43. The molecule has 0 saturated carbocycles. The Labute approximate surface area is 78.3 Å². The van der Waals surface area contributed by atoms with E-state index in [0.717, 1.165) is 0 Å². The van der Waals surface area contributed by atoms with E-state index in [4.69, 9.17) is 0 Å². The highest BCUT2D eigenvalue weighted by molar-refractivity contribution is 5.89. The summed E-state index contributed by atoms with van der Waals surface area (Å²) in [6.07, 6.45) is 1.93.